The van der Waals surface area contributed by atoms with E-state index in [0.29, 0.717) is 0 Å². The lowest BCUT2D eigenvalue weighted by molar-refractivity contribution is -0.131. The molecule has 16 heavy (non-hydrogen) atoms. The molecule has 0 spiro atoms. The average Bonchev–Trinajstić information content (AvgIpc) is 2.26. The number of fused-ring (bicyclic) bond motifs is 1. The third-order valence-electron chi connectivity index (χ3n) is 3.45. The maximum Gasteiger partial charge on any atom is 0.219 e. The zero-order valence-electron chi connectivity index (χ0n) is 10.3. The van der Waals surface area contributed by atoms with Crippen molar-refractivity contribution in [3.63, 3.8) is 0 Å². The van der Waals surface area contributed by atoms with E-state index in [4.69, 9.17) is 0 Å². The minimum atomic E-state index is 0.193. The third-order valence-corrected chi connectivity index (χ3v) is 3.45. The normalized spacial score (nSPS) is 19.4. The highest BCUT2D eigenvalue weighted by molar-refractivity contribution is 5.74. The summed E-state index contributed by atoms with van der Waals surface area (Å²) in [7, 11) is 0. The first-order valence-electron chi connectivity index (χ1n) is 6.00. The predicted octanol–water partition coefficient (Wildman–Crippen LogP) is 2.85. The number of amides is 1. The molecule has 0 aliphatic carbocycles. The van der Waals surface area contributed by atoms with Gasteiger partial charge in [-0.05, 0) is 30.9 Å². The Kier molecular flexibility index (Phi) is 2.99. The number of benzene rings is 1. The Balaban J connectivity index is 2.41. The SMILES string of the molecule is CCC1c2ccc(C)cc2CCN1C(C)=O. The number of carbonyl (C=O) groups is 1. The van der Waals surface area contributed by atoms with Crippen molar-refractivity contribution in [3.05, 3.63) is 34.9 Å². The summed E-state index contributed by atoms with van der Waals surface area (Å²) in [6.07, 6.45) is 1.99. The fourth-order valence-electron chi connectivity index (χ4n) is 2.66. The van der Waals surface area contributed by atoms with Gasteiger partial charge in [0.15, 0.2) is 0 Å². The van der Waals surface area contributed by atoms with Gasteiger partial charge in [0.05, 0.1) is 6.04 Å². The third kappa shape index (κ3) is 1.84. The Hall–Kier alpha value is -1.31. The zero-order valence-corrected chi connectivity index (χ0v) is 10.3. The van der Waals surface area contributed by atoms with Crippen molar-refractivity contribution in [2.75, 3.05) is 6.54 Å². The van der Waals surface area contributed by atoms with Crippen molar-refractivity contribution in [2.45, 2.75) is 39.7 Å². The summed E-state index contributed by atoms with van der Waals surface area (Å²) in [4.78, 5) is 13.6. The van der Waals surface area contributed by atoms with Gasteiger partial charge in [-0.3, -0.25) is 4.79 Å². The van der Waals surface area contributed by atoms with E-state index in [0.717, 1.165) is 19.4 Å². The van der Waals surface area contributed by atoms with Crippen LogP contribution in [-0.4, -0.2) is 17.4 Å². The zero-order chi connectivity index (χ0) is 11.7. The van der Waals surface area contributed by atoms with E-state index in [-0.39, 0.29) is 11.9 Å². The van der Waals surface area contributed by atoms with Crippen molar-refractivity contribution in [1.29, 1.82) is 0 Å². The summed E-state index contributed by atoms with van der Waals surface area (Å²) in [6, 6.07) is 6.87. The topological polar surface area (TPSA) is 20.3 Å². The van der Waals surface area contributed by atoms with E-state index in [1.54, 1.807) is 6.92 Å². The summed E-state index contributed by atoms with van der Waals surface area (Å²) in [5, 5.41) is 0. The Labute approximate surface area is 97.3 Å². The number of carbonyl (C=O) groups excluding carboxylic acids is 1. The fraction of sp³-hybridized carbons (Fsp3) is 0.500. The van der Waals surface area contributed by atoms with Crippen LogP contribution < -0.4 is 0 Å². The van der Waals surface area contributed by atoms with Gasteiger partial charge in [-0.25, -0.2) is 0 Å². The molecule has 1 amide bonds. The molecule has 0 saturated carbocycles. The number of hydrogen-bond acceptors (Lipinski definition) is 1. The molecule has 0 N–H and O–H groups in total. The van der Waals surface area contributed by atoms with E-state index >= 15 is 0 Å². The smallest absolute Gasteiger partial charge is 0.219 e. The first-order valence-corrected chi connectivity index (χ1v) is 6.00. The first-order chi connectivity index (χ1) is 7.63. The highest BCUT2D eigenvalue weighted by Crippen LogP contribution is 2.32. The molecule has 1 atom stereocenters. The molecule has 1 aliphatic heterocycles. The Morgan fingerprint density at radius 2 is 2.25 bits per heavy atom. The highest BCUT2D eigenvalue weighted by Gasteiger charge is 2.27. The van der Waals surface area contributed by atoms with Crippen molar-refractivity contribution in [2.24, 2.45) is 0 Å². The molecule has 2 nitrogen and oxygen atoms in total. The lowest BCUT2D eigenvalue weighted by Crippen LogP contribution is -2.38. The van der Waals surface area contributed by atoms with Crippen LogP contribution in [0.5, 0.6) is 0 Å². The Morgan fingerprint density at radius 3 is 2.88 bits per heavy atom. The van der Waals surface area contributed by atoms with E-state index < -0.39 is 0 Å². The van der Waals surface area contributed by atoms with Gasteiger partial charge in [0, 0.05) is 13.5 Å². The van der Waals surface area contributed by atoms with Gasteiger partial charge >= 0.3 is 0 Å². The summed E-state index contributed by atoms with van der Waals surface area (Å²) in [6.45, 7) is 6.81. The summed E-state index contributed by atoms with van der Waals surface area (Å²) >= 11 is 0. The monoisotopic (exact) mass is 217 g/mol. The average molecular weight is 217 g/mol. The maximum atomic E-state index is 11.6. The summed E-state index contributed by atoms with van der Waals surface area (Å²) in [5.41, 5.74) is 4.07. The van der Waals surface area contributed by atoms with Crippen molar-refractivity contribution in [1.82, 2.24) is 4.90 Å². The fourth-order valence-corrected chi connectivity index (χ4v) is 2.66. The molecule has 0 saturated heterocycles. The largest absolute Gasteiger partial charge is 0.336 e. The Morgan fingerprint density at radius 1 is 1.50 bits per heavy atom. The molecule has 0 fully saturated rings. The number of hydrogen-bond donors (Lipinski definition) is 0. The van der Waals surface area contributed by atoms with Gasteiger partial charge in [0.25, 0.3) is 0 Å². The van der Waals surface area contributed by atoms with Crippen LogP contribution in [0.1, 0.15) is 43.0 Å². The van der Waals surface area contributed by atoms with Crippen LogP contribution in [-0.2, 0) is 11.2 Å². The minimum absolute atomic E-state index is 0.193. The van der Waals surface area contributed by atoms with Crippen LogP contribution in [0.4, 0.5) is 0 Å². The van der Waals surface area contributed by atoms with Crippen LogP contribution >= 0.6 is 0 Å². The molecular formula is C14H19NO. The second-order valence-corrected chi connectivity index (χ2v) is 4.59. The quantitative estimate of drug-likeness (QED) is 0.708. The van der Waals surface area contributed by atoms with Crippen LogP contribution in [0.25, 0.3) is 0 Å². The van der Waals surface area contributed by atoms with Crippen LogP contribution in [0.15, 0.2) is 18.2 Å². The van der Waals surface area contributed by atoms with Crippen molar-refractivity contribution >= 4 is 5.91 Å². The molecule has 2 heteroatoms. The number of rotatable bonds is 1. The molecule has 1 heterocycles. The first kappa shape index (κ1) is 11.2. The van der Waals surface area contributed by atoms with Crippen LogP contribution in [0, 0.1) is 6.92 Å². The molecule has 1 aromatic carbocycles. The highest BCUT2D eigenvalue weighted by atomic mass is 16.2. The number of aryl methyl sites for hydroxylation is 1. The maximum absolute atomic E-state index is 11.6. The van der Waals surface area contributed by atoms with Gasteiger partial charge in [0.1, 0.15) is 0 Å². The molecule has 0 radical (unpaired) electrons. The second kappa shape index (κ2) is 4.28. The van der Waals surface area contributed by atoms with Crippen molar-refractivity contribution < 1.29 is 4.79 Å². The lowest BCUT2D eigenvalue weighted by atomic mass is 9.90. The molecular weight excluding hydrogens is 198 g/mol. The van der Waals surface area contributed by atoms with E-state index in [9.17, 15) is 4.79 Å². The van der Waals surface area contributed by atoms with E-state index in [2.05, 4.69) is 32.0 Å². The van der Waals surface area contributed by atoms with E-state index in [1.807, 2.05) is 4.90 Å². The van der Waals surface area contributed by atoms with Crippen LogP contribution in [0.3, 0.4) is 0 Å². The van der Waals surface area contributed by atoms with Gasteiger partial charge in [0.2, 0.25) is 5.91 Å². The standard InChI is InChI=1S/C14H19NO/c1-4-14-13-6-5-10(2)9-12(13)7-8-15(14)11(3)16/h5-6,9,14H,4,7-8H2,1-3H3. The minimum Gasteiger partial charge on any atom is -0.336 e. The molecule has 1 unspecified atom stereocenters. The molecule has 1 aliphatic rings. The Bertz CT molecular complexity index is 411. The van der Waals surface area contributed by atoms with Gasteiger partial charge in [-0.15, -0.1) is 0 Å². The van der Waals surface area contributed by atoms with Crippen molar-refractivity contribution in [3.8, 4) is 0 Å². The molecule has 2 rings (SSSR count). The molecule has 0 bridgehead atoms. The number of nitrogens with zero attached hydrogens (tertiary/aromatic N) is 1. The molecule has 0 aromatic heterocycles. The molecule has 1 aromatic rings. The van der Waals surface area contributed by atoms with Crippen LogP contribution in [0.2, 0.25) is 0 Å². The van der Waals surface area contributed by atoms with Gasteiger partial charge in [-0.2, -0.15) is 0 Å². The van der Waals surface area contributed by atoms with E-state index in [1.165, 1.54) is 16.7 Å². The second-order valence-electron chi connectivity index (χ2n) is 4.59. The van der Waals surface area contributed by atoms with Gasteiger partial charge in [-0.1, -0.05) is 30.7 Å². The molecule has 86 valence electrons. The summed E-state index contributed by atoms with van der Waals surface area (Å²) < 4.78 is 0. The predicted molar refractivity (Wildman–Crippen MR) is 65.3 cm³/mol. The summed E-state index contributed by atoms with van der Waals surface area (Å²) in [5.74, 6) is 0.193. The van der Waals surface area contributed by atoms with Gasteiger partial charge < -0.3 is 4.90 Å². The lowest BCUT2D eigenvalue weighted by Gasteiger charge is -2.36.